The second-order valence-corrected chi connectivity index (χ2v) is 7.70. The number of anilines is 1. The number of pyridine rings is 1. The molecule has 0 radical (unpaired) electrons. The summed E-state index contributed by atoms with van der Waals surface area (Å²) in [6.07, 6.45) is 5.73. The number of rotatable bonds is 7. The van der Waals surface area contributed by atoms with Crippen molar-refractivity contribution in [2.24, 2.45) is 0 Å². The zero-order chi connectivity index (χ0) is 14.3. The summed E-state index contributed by atoms with van der Waals surface area (Å²) in [7, 11) is 0. The molecule has 108 valence electrons. The van der Waals surface area contributed by atoms with Gasteiger partial charge >= 0.3 is 0 Å². The highest BCUT2D eigenvalue weighted by molar-refractivity contribution is 8.00. The molecule has 0 aliphatic heterocycles. The van der Waals surface area contributed by atoms with E-state index in [2.05, 4.69) is 38.0 Å². The molecule has 4 heteroatoms. The molecular weight excluding hydrogens is 254 g/mol. The quantitative estimate of drug-likeness (QED) is 0.806. The largest absolute Gasteiger partial charge is 0.398 e. The number of nitrogens with one attached hydrogen (secondary N) is 1. The Bertz CT molecular complexity index is 374. The highest BCUT2D eigenvalue weighted by Gasteiger charge is 2.16. The lowest BCUT2D eigenvalue weighted by Gasteiger charge is -2.24. The lowest BCUT2D eigenvalue weighted by molar-refractivity contribution is 0.548. The molecule has 1 rings (SSSR count). The van der Waals surface area contributed by atoms with Crippen molar-refractivity contribution in [1.29, 1.82) is 0 Å². The van der Waals surface area contributed by atoms with Gasteiger partial charge in [0.15, 0.2) is 0 Å². The normalized spacial score (nSPS) is 13.5. The van der Waals surface area contributed by atoms with Crippen molar-refractivity contribution in [3.05, 3.63) is 24.0 Å². The van der Waals surface area contributed by atoms with E-state index in [1.54, 1.807) is 6.20 Å². The van der Waals surface area contributed by atoms with Crippen LogP contribution in [0.1, 0.15) is 39.7 Å². The Labute approximate surface area is 121 Å². The summed E-state index contributed by atoms with van der Waals surface area (Å²) in [5.41, 5.74) is 8.00. The summed E-state index contributed by atoms with van der Waals surface area (Å²) in [6, 6.07) is 2.33. The first-order valence-electron chi connectivity index (χ1n) is 6.98. The average molecular weight is 281 g/mol. The third kappa shape index (κ3) is 6.83. The molecule has 0 fully saturated rings. The van der Waals surface area contributed by atoms with Crippen LogP contribution >= 0.6 is 11.8 Å². The van der Waals surface area contributed by atoms with Crippen molar-refractivity contribution in [1.82, 2.24) is 10.3 Å². The fraction of sp³-hybridized carbons (Fsp3) is 0.667. The molecule has 0 aliphatic rings. The lowest BCUT2D eigenvalue weighted by atomic mass is 10.1. The van der Waals surface area contributed by atoms with E-state index in [4.69, 9.17) is 5.73 Å². The molecule has 19 heavy (non-hydrogen) atoms. The summed E-state index contributed by atoms with van der Waals surface area (Å²) in [4.78, 5) is 4.17. The van der Waals surface area contributed by atoms with Gasteiger partial charge < -0.3 is 11.1 Å². The summed E-state index contributed by atoms with van der Waals surface area (Å²) < 4.78 is 0.298. The van der Waals surface area contributed by atoms with Gasteiger partial charge in [0.2, 0.25) is 0 Å². The number of thioether (sulfide) groups is 1. The second kappa shape index (κ2) is 7.75. The Morgan fingerprint density at radius 2 is 2.16 bits per heavy atom. The van der Waals surface area contributed by atoms with E-state index < -0.39 is 0 Å². The third-order valence-corrected chi connectivity index (χ3v) is 4.24. The number of hydrogen-bond acceptors (Lipinski definition) is 4. The van der Waals surface area contributed by atoms with Crippen molar-refractivity contribution in [2.45, 2.75) is 51.3 Å². The zero-order valence-electron chi connectivity index (χ0n) is 12.6. The van der Waals surface area contributed by atoms with Gasteiger partial charge in [0.05, 0.1) is 0 Å². The summed E-state index contributed by atoms with van der Waals surface area (Å²) >= 11 is 1.99. The van der Waals surface area contributed by atoms with Crippen LogP contribution in [0, 0.1) is 0 Å². The van der Waals surface area contributed by atoms with Crippen molar-refractivity contribution in [3.8, 4) is 0 Å². The van der Waals surface area contributed by atoms with E-state index >= 15 is 0 Å². The molecule has 3 nitrogen and oxygen atoms in total. The molecule has 0 saturated heterocycles. The van der Waals surface area contributed by atoms with Gasteiger partial charge in [0.1, 0.15) is 0 Å². The molecule has 0 spiro atoms. The van der Waals surface area contributed by atoms with Crippen molar-refractivity contribution in [2.75, 3.05) is 18.0 Å². The standard InChI is InChI=1S/C15H27N3S/c1-5-7-18-13(11-19-15(2,3)4)9-12-10-17-8-6-14(12)16/h6,8,10,13,18H,5,7,9,11H2,1-4H3,(H2,16,17). The van der Waals surface area contributed by atoms with Crippen LogP contribution in [-0.4, -0.2) is 28.1 Å². The minimum Gasteiger partial charge on any atom is -0.398 e. The van der Waals surface area contributed by atoms with Crippen molar-refractivity contribution in [3.63, 3.8) is 0 Å². The van der Waals surface area contributed by atoms with Crippen LogP contribution in [0.2, 0.25) is 0 Å². The Morgan fingerprint density at radius 1 is 1.42 bits per heavy atom. The predicted molar refractivity (Wildman–Crippen MR) is 86.6 cm³/mol. The molecule has 1 atom stereocenters. The fourth-order valence-electron chi connectivity index (χ4n) is 1.76. The minimum atomic E-state index is 0.298. The Balaban J connectivity index is 2.61. The highest BCUT2D eigenvalue weighted by Crippen LogP contribution is 2.25. The number of hydrogen-bond donors (Lipinski definition) is 2. The van der Waals surface area contributed by atoms with Gasteiger partial charge in [-0.05, 0) is 31.0 Å². The molecule has 0 aromatic carbocycles. The van der Waals surface area contributed by atoms with Gasteiger partial charge in [0.25, 0.3) is 0 Å². The van der Waals surface area contributed by atoms with Crippen molar-refractivity contribution < 1.29 is 0 Å². The lowest BCUT2D eigenvalue weighted by Crippen LogP contribution is -2.35. The minimum absolute atomic E-state index is 0.298. The number of aromatic nitrogens is 1. The maximum atomic E-state index is 6.00. The average Bonchev–Trinajstić information content (AvgIpc) is 2.34. The Morgan fingerprint density at radius 3 is 2.74 bits per heavy atom. The monoisotopic (exact) mass is 281 g/mol. The molecule has 1 unspecified atom stereocenters. The molecule has 1 aromatic rings. The highest BCUT2D eigenvalue weighted by atomic mass is 32.2. The summed E-state index contributed by atoms with van der Waals surface area (Å²) in [6.45, 7) is 10.0. The summed E-state index contributed by atoms with van der Waals surface area (Å²) in [5, 5.41) is 3.61. The third-order valence-electron chi connectivity index (χ3n) is 2.81. The molecule has 1 aromatic heterocycles. The zero-order valence-corrected chi connectivity index (χ0v) is 13.4. The van der Waals surface area contributed by atoms with Gasteiger partial charge in [-0.1, -0.05) is 27.7 Å². The topological polar surface area (TPSA) is 50.9 Å². The molecule has 0 amide bonds. The van der Waals surface area contributed by atoms with Gasteiger partial charge in [-0.3, -0.25) is 4.98 Å². The van der Waals surface area contributed by atoms with E-state index in [1.807, 2.05) is 24.0 Å². The molecule has 3 N–H and O–H groups in total. The Hall–Kier alpha value is -0.740. The number of nitrogens with zero attached hydrogens (tertiary/aromatic N) is 1. The Kier molecular flexibility index (Phi) is 6.66. The SMILES string of the molecule is CCCNC(CSC(C)(C)C)Cc1cnccc1N. The van der Waals surface area contributed by atoms with Crippen LogP contribution in [-0.2, 0) is 6.42 Å². The van der Waals surface area contributed by atoms with Crippen LogP contribution in [0.3, 0.4) is 0 Å². The van der Waals surface area contributed by atoms with Crippen molar-refractivity contribution >= 4 is 17.4 Å². The van der Waals surface area contributed by atoms with Gasteiger partial charge in [-0.2, -0.15) is 11.8 Å². The van der Waals surface area contributed by atoms with Gasteiger partial charge in [-0.15, -0.1) is 0 Å². The molecule has 0 saturated carbocycles. The fourth-order valence-corrected chi connectivity index (χ4v) is 2.70. The van der Waals surface area contributed by atoms with Crippen LogP contribution in [0.25, 0.3) is 0 Å². The van der Waals surface area contributed by atoms with E-state index in [1.165, 1.54) is 0 Å². The van der Waals surface area contributed by atoms with Crippen LogP contribution in [0.4, 0.5) is 5.69 Å². The first-order chi connectivity index (χ1) is 8.92. The molecule has 1 heterocycles. The maximum Gasteiger partial charge on any atom is 0.0378 e. The van der Waals surface area contributed by atoms with E-state index in [0.717, 1.165) is 36.4 Å². The smallest absolute Gasteiger partial charge is 0.0378 e. The number of nitrogen functional groups attached to an aromatic ring is 1. The van der Waals surface area contributed by atoms with E-state index in [-0.39, 0.29) is 0 Å². The second-order valence-electron chi connectivity index (χ2n) is 5.85. The predicted octanol–water partition coefficient (Wildman–Crippen LogP) is 3.11. The van der Waals surface area contributed by atoms with E-state index in [9.17, 15) is 0 Å². The first-order valence-corrected chi connectivity index (χ1v) is 7.96. The van der Waals surface area contributed by atoms with Crippen LogP contribution in [0.15, 0.2) is 18.5 Å². The molecule has 0 aliphatic carbocycles. The van der Waals surface area contributed by atoms with E-state index in [0.29, 0.717) is 10.8 Å². The van der Waals surface area contributed by atoms with Crippen LogP contribution < -0.4 is 11.1 Å². The first kappa shape index (κ1) is 16.3. The number of nitrogens with two attached hydrogens (primary N) is 1. The molecule has 0 bridgehead atoms. The van der Waals surface area contributed by atoms with Crippen LogP contribution in [0.5, 0.6) is 0 Å². The van der Waals surface area contributed by atoms with Gasteiger partial charge in [0, 0.05) is 34.6 Å². The maximum absolute atomic E-state index is 6.00. The van der Waals surface area contributed by atoms with Gasteiger partial charge in [-0.25, -0.2) is 0 Å². The summed E-state index contributed by atoms with van der Waals surface area (Å²) in [5.74, 6) is 1.10. The molecular formula is C15H27N3S.